The Morgan fingerprint density at radius 3 is 2.32 bits per heavy atom. The molecule has 0 saturated heterocycles. The van der Waals surface area contributed by atoms with E-state index in [-0.39, 0.29) is 15.7 Å². The van der Waals surface area contributed by atoms with Crippen LogP contribution >= 0.6 is 0 Å². The zero-order valence-corrected chi connectivity index (χ0v) is 17.8. The molecule has 31 heavy (non-hydrogen) atoms. The van der Waals surface area contributed by atoms with Crippen molar-refractivity contribution in [2.75, 3.05) is 12.4 Å². The van der Waals surface area contributed by atoms with E-state index in [2.05, 4.69) is 10.3 Å². The van der Waals surface area contributed by atoms with E-state index >= 15 is 0 Å². The Balaban J connectivity index is 1.74. The van der Waals surface area contributed by atoms with Crippen LogP contribution in [0.4, 0.5) is 5.69 Å². The lowest BCUT2D eigenvalue weighted by Crippen LogP contribution is -2.13. The van der Waals surface area contributed by atoms with Crippen molar-refractivity contribution >= 4 is 32.3 Å². The van der Waals surface area contributed by atoms with Crippen LogP contribution in [0.1, 0.15) is 15.9 Å². The van der Waals surface area contributed by atoms with Crippen LogP contribution in [0.25, 0.3) is 10.9 Å². The zero-order chi connectivity index (χ0) is 22.0. The van der Waals surface area contributed by atoms with Crippen molar-refractivity contribution in [2.45, 2.75) is 16.7 Å². The van der Waals surface area contributed by atoms with E-state index < -0.39 is 9.84 Å². The van der Waals surface area contributed by atoms with Gasteiger partial charge in [-0.2, -0.15) is 0 Å². The van der Waals surface area contributed by atoms with Crippen LogP contribution in [0.3, 0.4) is 0 Å². The van der Waals surface area contributed by atoms with Crippen molar-refractivity contribution in [2.24, 2.45) is 0 Å². The van der Waals surface area contributed by atoms with Gasteiger partial charge in [0.1, 0.15) is 5.75 Å². The van der Waals surface area contributed by atoms with E-state index in [1.54, 1.807) is 80.0 Å². The van der Waals surface area contributed by atoms with Crippen LogP contribution < -0.4 is 10.1 Å². The summed E-state index contributed by atoms with van der Waals surface area (Å²) in [4.78, 5) is 17.4. The summed E-state index contributed by atoms with van der Waals surface area (Å²) >= 11 is 0. The molecule has 156 valence electrons. The molecule has 3 aromatic carbocycles. The molecule has 0 aliphatic rings. The molecule has 6 nitrogen and oxygen atoms in total. The Hall–Kier alpha value is -3.71. The van der Waals surface area contributed by atoms with Gasteiger partial charge in [0.25, 0.3) is 5.91 Å². The second-order valence-corrected chi connectivity index (χ2v) is 8.93. The highest BCUT2D eigenvalue weighted by atomic mass is 32.2. The van der Waals surface area contributed by atoms with E-state index in [4.69, 9.17) is 4.74 Å². The Labute approximate surface area is 180 Å². The molecule has 1 aromatic heterocycles. The number of pyridine rings is 1. The Morgan fingerprint density at radius 1 is 0.935 bits per heavy atom. The molecular formula is C24H20N2O4S. The van der Waals surface area contributed by atoms with Gasteiger partial charge in [0, 0.05) is 17.1 Å². The number of carbonyl (C=O) groups excluding carboxylic acids is 1. The molecule has 0 bridgehead atoms. The maximum absolute atomic E-state index is 13.2. The molecule has 0 atom stereocenters. The van der Waals surface area contributed by atoms with Gasteiger partial charge in [0.05, 0.1) is 28.1 Å². The summed E-state index contributed by atoms with van der Waals surface area (Å²) in [7, 11) is -2.20. The highest BCUT2D eigenvalue weighted by Crippen LogP contribution is 2.32. The average Bonchev–Trinajstić information content (AvgIpc) is 2.79. The molecule has 0 fully saturated rings. The number of carbonyl (C=O) groups is 1. The second kappa shape index (κ2) is 8.20. The van der Waals surface area contributed by atoms with Gasteiger partial charge in [-0.05, 0) is 67.6 Å². The number of aryl methyl sites for hydroxylation is 1. The number of aromatic nitrogens is 1. The Morgan fingerprint density at radius 2 is 1.65 bits per heavy atom. The van der Waals surface area contributed by atoms with Crippen molar-refractivity contribution in [3.05, 3.63) is 90.1 Å². The molecule has 1 amide bonds. The lowest BCUT2D eigenvalue weighted by molar-refractivity contribution is 0.102. The first-order valence-electron chi connectivity index (χ1n) is 9.55. The number of fused-ring (bicyclic) bond motifs is 1. The maximum atomic E-state index is 13.2. The van der Waals surface area contributed by atoms with Crippen molar-refractivity contribution < 1.29 is 17.9 Å². The van der Waals surface area contributed by atoms with Crippen LogP contribution in [0.5, 0.6) is 5.75 Å². The normalized spacial score (nSPS) is 11.3. The molecule has 4 aromatic rings. The fraction of sp³-hybridized carbons (Fsp3) is 0.0833. The van der Waals surface area contributed by atoms with Crippen molar-refractivity contribution in [1.29, 1.82) is 0 Å². The Bertz CT molecular complexity index is 1360. The first-order valence-corrected chi connectivity index (χ1v) is 11.0. The molecular weight excluding hydrogens is 412 g/mol. The number of amides is 1. The van der Waals surface area contributed by atoms with Gasteiger partial charge in [-0.1, -0.05) is 17.7 Å². The molecule has 7 heteroatoms. The third-order valence-electron chi connectivity index (χ3n) is 4.95. The van der Waals surface area contributed by atoms with Crippen molar-refractivity contribution in [3.8, 4) is 5.75 Å². The predicted molar refractivity (Wildman–Crippen MR) is 119 cm³/mol. The van der Waals surface area contributed by atoms with E-state index in [0.29, 0.717) is 27.9 Å². The molecule has 0 saturated carbocycles. The molecule has 1 heterocycles. The molecule has 1 N–H and O–H groups in total. The largest absolute Gasteiger partial charge is 0.497 e. The number of hydrogen-bond donors (Lipinski definition) is 1. The first kappa shape index (κ1) is 20.6. The zero-order valence-electron chi connectivity index (χ0n) is 17.0. The van der Waals surface area contributed by atoms with Crippen LogP contribution in [-0.2, 0) is 9.84 Å². The number of rotatable bonds is 5. The minimum Gasteiger partial charge on any atom is -0.497 e. The lowest BCUT2D eigenvalue weighted by Gasteiger charge is -2.13. The summed E-state index contributed by atoms with van der Waals surface area (Å²) in [6.07, 6.45) is 1.56. The number of nitrogens with zero attached hydrogens (tertiary/aromatic N) is 1. The molecule has 0 aliphatic carbocycles. The van der Waals surface area contributed by atoms with E-state index in [0.717, 1.165) is 5.56 Å². The van der Waals surface area contributed by atoms with Gasteiger partial charge in [-0.25, -0.2) is 8.42 Å². The second-order valence-electron chi connectivity index (χ2n) is 7.01. The monoisotopic (exact) mass is 432 g/mol. The summed E-state index contributed by atoms with van der Waals surface area (Å²) in [5.41, 5.74) is 2.25. The molecule has 4 rings (SSSR count). The SMILES string of the molecule is COc1ccc(C(=O)Nc2ccc(S(=O)(=O)c3ccc(C)cc3)c3cccnc23)cc1. The number of sulfone groups is 1. The minimum absolute atomic E-state index is 0.141. The average molecular weight is 433 g/mol. The number of anilines is 1. The number of methoxy groups -OCH3 is 1. The minimum atomic E-state index is -3.75. The van der Waals surface area contributed by atoms with Gasteiger partial charge in [0.2, 0.25) is 9.84 Å². The quantitative estimate of drug-likeness (QED) is 0.497. The lowest BCUT2D eigenvalue weighted by atomic mass is 10.1. The summed E-state index contributed by atoms with van der Waals surface area (Å²) in [5, 5.41) is 3.27. The van der Waals surface area contributed by atoms with Crippen LogP contribution in [0, 0.1) is 6.92 Å². The third-order valence-corrected chi connectivity index (χ3v) is 6.78. The molecule has 0 spiro atoms. The highest BCUT2D eigenvalue weighted by Gasteiger charge is 2.22. The number of hydrogen-bond acceptors (Lipinski definition) is 5. The topological polar surface area (TPSA) is 85.4 Å². The Kier molecular flexibility index (Phi) is 5.44. The fourth-order valence-corrected chi connectivity index (χ4v) is 4.71. The van der Waals surface area contributed by atoms with Gasteiger partial charge in [0.15, 0.2) is 0 Å². The van der Waals surface area contributed by atoms with Crippen LogP contribution in [-0.4, -0.2) is 26.4 Å². The first-order chi connectivity index (χ1) is 14.9. The standard InChI is InChI=1S/C24H20N2O4S/c1-16-5-11-19(12-6-16)31(28,29)22-14-13-21(23-20(22)4-3-15-25-23)26-24(27)17-7-9-18(30-2)10-8-17/h3-15H,1-2H3,(H,26,27). The number of benzene rings is 3. The van der Waals surface area contributed by atoms with Crippen molar-refractivity contribution in [1.82, 2.24) is 4.98 Å². The molecule has 0 radical (unpaired) electrons. The molecule has 0 unspecified atom stereocenters. The van der Waals surface area contributed by atoms with E-state index in [9.17, 15) is 13.2 Å². The highest BCUT2D eigenvalue weighted by molar-refractivity contribution is 7.91. The van der Waals surface area contributed by atoms with Gasteiger partial charge in [-0.15, -0.1) is 0 Å². The number of nitrogens with one attached hydrogen (secondary N) is 1. The summed E-state index contributed by atoms with van der Waals surface area (Å²) in [6.45, 7) is 1.90. The predicted octanol–water partition coefficient (Wildman–Crippen LogP) is 4.64. The van der Waals surface area contributed by atoms with Crippen LogP contribution in [0.2, 0.25) is 0 Å². The fourth-order valence-electron chi connectivity index (χ4n) is 3.26. The summed E-state index contributed by atoms with van der Waals surface area (Å²) in [6, 6.07) is 19.8. The van der Waals surface area contributed by atoms with Gasteiger partial charge in [-0.3, -0.25) is 9.78 Å². The van der Waals surface area contributed by atoms with Crippen molar-refractivity contribution in [3.63, 3.8) is 0 Å². The summed E-state index contributed by atoms with van der Waals surface area (Å²) in [5.74, 6) is 0.318. The smallest absolute Gasteiger partial charge is 0.255 e. The molecule has 0 aliphatic heterocycles. The van der Waals surface area contributed by atoms with Gasteiger partial charge >= 0.3 is 0 Å². The maximum Gasteiger partial charge on any atom is 0.255 e. The van der Waals surface area contributed by atoms with Crippen LogP contribution in [0.15, 0.2) is 88.8 Å². The van der Waals surface area contributed by atoms with Gasteiger partial charge < -0.3 is 10.1 Å². The third kappa shape index (κ3) is 4.00. The summed E-state index contributed by atoms with van der Waals surface area (Å²) < 4.78 is 31.6. The van der Waals surface area contributed by atoms with E-state index in [1.165, 1.54) is 6.07 Å². The van der Waals surface area contributed by atoms with E-state index in [1.807, 2.05) is 6.92 Å². The number of ether oxygens (including phenoxy) is 1.